The number of hydrogen-bond acceptors (Lipinski definition) is 7. The number of hydrogen-bond donors (Lipinski definition) is 0. The molecule has 0 spiro atoms. The number of carbonyl (C=O) groups is 1. The van der Waals surface area contributed by atoms with E-state index < -0.39 is 29.5 Å². The average Bonchev–Trinajstić information content (AvgIpc) is 3.49. The predicted octanol–water partition coefficient (Wildman–Crippen LogP) is 4.79. The maximum absolute atomic E-state index is 13.8. The molecule has 0 bridgehead atoms. The Morgan fingerprint density at radius 1 is 1.28 bits per heavy atom. The normalized spacial score (nSPS) is 15.7. The zero-order valence-corrected chi connectivity index (χ0v) is 20.1. The van der Waals surface area contributed by atoms with Crippen LogP contribution in [0.1, 0.15) is 41.3 Å². The van der Waals surface area contributed by atoms with E-state index in [1.54, 1.807) is 18.7 Å². The second-order valence-electron chi connectivity index (χ2n) is 8.33. The van der Waals surface area contributed by atoms with Gasteiger partial charge in [-0.15, -0.1) is 17.8 Å². The summed E-state index contributed by atoms with van der Waals surface area (Å²) in [5.41, 5.74) is -0.923. The molecule has 1 unspecified atom stereocenters. The third kappa shape index (κ3) is 5.57. The van der Waals surface area contributed by atoms with Crippen molar-refractivity contribution in [3.8, 4) is 18.1 Å². The van der Waals surface area contributed by atoms with Gasteiger partial charge >= 0.3 is 6.18 Å². The van der Waals surface area contributed by atoms with Crippen LogP contribution in [0.15, 0.2) is 36.0 Å². The van der Waals surface area contributed by atoms with Gasteiger partial charge in [-0.1, -0.05) is 0 Å². The van der Waals surface area contributed by atoms with Crippen molar-refractivity contribution in [2.24, 2.45) is 0 Å². The quantitative estimate of drug-likeness (QED) is 0.345. The lowest BCUT2D eigenvalue weighted by atomic mass is 10.1. The zero-order chi connectivity index (χ0) is 26.0. The number of terminal acetylenes is 1. The summed E-state index contributed by atoms with van der Waals surface area (Å²) < 4.78 is 60.1. The van der Waals surface area contributed by atoms with E-state index in [1.807, 2.05) is 0 Å². The molecule has 3 heterocycles. The summed E-state index contributed by atoms with van der Waals surface area (Å²) in [6.45, 7) is 4.00. The van der Waals surface area contributed by atoms with Gasteiger partial charge in [-0.25, -0.2) is 19.3 Å². The molecular weight excluding hydrogens is 498 g/mol. The van der Waals surface area contributed by atoms with Crippen LogP contribution >= 0.6 is 11.3 Å². The minimum Gasteiger partial charge on any atom is -0.491 e. The van der Waals surface area contributed by atoms with Crippen LogP contribution in [-0.4, -0.2) is 46.1 Å². The molecule has 1 fully saturated rings. The molecule has 7 nitrogen and oxygen atoms in total. The molecule has 188 valence electrons. The first kappa shape index (κ1) is 25.4. The predicted molar refractivity (Wildman–Crippen MR) is 127 cm³/mol. The number of benzene rings is 1. The van der Waals surface area contributed by atoms with Gasteiger partial charge in [0.2, 0.25) is 5.95 Å². The van der Waals surface area contributed by atoms with Crippen LogP contribution in [-0.2, 0) is 6.18 Å². The highest BCUT2D eigenvalue weighted by Gasteiger charge is 2.37. The van der Waals surface area contributed by atoms with Crippen molar-refractivity contribution in [3.63, 3.8) is 0 Å². The number of amides is 1. The number of rotatable bonds is 6. The summed E-state index contributed by atoms with van der Waals surface area (Å²) in [6, 6.07) is 2.66. The molecule has 0 aliphatic carbocycles. The first-order valence-electron chi connectivity index (χ1n) is 10.9. The number of alkyl halides is 3. The summed E-state index contributed by atoms with van der Waals surface area (Å²) in [7, 11) is 0. The van der Waals surface area contributed by atoms with E-state index in [0.29, 0.717) is 13.0 Å². The lowest BCUT2D eigenvalue weighted by Crippen LogP contribution is -2.43. The fraction of sp³-hybridized carbons (Fsp3) is 0.333. The van der Waals surface area contributed by atoms with Crippen molar-refractivity contribution >= 4 is 28.9 Å². The Hall–Kier alpha value is -3.72. The lowest BCUT2D eigenvalue weighted by molar-refractivity contribution is -0.137. The van der Waals surface area contributed by atoms with Crippen molar-refractivity contribution in [2.45, 2.75) is 38.6 Å². The molecule has 0 N–H and O–H groups in total. The highest BCUT2D eigenvalue weighted by molar-refractivity contribution is 7.10. The first-order valence-corrected chi connectivity index (χ1v) is 11.8. The van der Waals surface area contributed by atoms with Gasteiger partial charge in [-0.3, -0.25) is 4.79 Å². The summed E-state index contributed by atoms with van der Waals surface area (Å²) in [5.74, 6) is 1.39. The Morgan fingerprint density at radius 3 is 2.61 bits per heavy atom. The zero-order valence-electron chi connectivity index (χ0n) is 19.3. The van der Waals surface area contributed by atoms with Gasteiger partial charge in [-0.2, -0.15) is 13.2 Å². The number of anilines is 2. The second-order valence-corrected chi connectivity index (χ2v) is 9.19. The van der Waals surface area contributed by atoms with Gasteiger partial charge in [0.1, 0.15) is 11.4 Å². The number of nitrogens with zero attached hydrogens (tertiary/aromatic N) is 5. The van der Waals surface area contributed by atoms with E-state index in [1.165, 1.54) is 16.3 Å². The molecule has 1 aliphatic heterocycles. The van der Waals surface area contributed by atoms with E-state index in [-0.39, 0.29) is 40.7 Å². The minimum atomic E-state index is -4.67. The molecule has 4 rings (SSSR count). The van der Waals surface area contributed by atoms with Gasteiger partial charge in [0.15, 0.2) is 10.8 Å². The smallest absolute Gasteiger partial charge is 0.416 e. The van der Waals surface area contributed by atoms with Crippen LogP contribution in [0.25, 0.3) is 0 Å². The third-order valence-electron chi connectivity index (χ3n) is 5.35. The van der Waals surface area contributed by atoms with Gasteiger partial charge in [-0.05, 0) is 38.3 Å². The van der Waals surface area contributed by atoms with E-state index in [2.05, 4.69) is 20.9 Å². The second kappa shape index (κ2) is 10.1. The summed E-state index contributed by atoms with van der Waals surface area (Å²) in [6.07, 6.45) is 2.78. The van der Waals surface area contributed by atoms with E-state index in [4.69, 9.17) is 11.2 Å². The van der Waals surface area contributed by atoms with E-state index in [9.17, 15) is 22.4 Å². The van der Waals surface area contributed by atoms with Crippen LogP contribution in [0.2, 0.25) is 0 Å². The van der Waals surface area contributed by atoms with Gasteiger partial charge in [0.05, 0.1) is 30.1 Å². The van der Waals surface area contributed by atoms with E-state index in [0.717, 1.165) is 35.9 Å². The van der Waals surface area contributed by atoms with Crippen LogP contribution in [0, 0.1) is 18.2 Å². The number of halogens is 4. The number of carbonyl (C=O) groups excluding carboxylic acids is 1. The molecule has 3 aromatic rings. The van der Waals surface area contributed by atoms with Crippen molar-refractivity contribution in [3.05, 3.63) is 58.1 Å². The van der Waals surface area contributed by atoms with Crippen LogP contribution in [0.4, 0.5) is 29.2 Å². The van der Waals surface area contributed by atoms with Crippen molar-refractivity contribution in [2.75, 3.05) is 22.9 Å². The Morgan fingerprint density at radius 2 is 2.00 bits per heavy atom. The molecule has 1 atom stereocenters. The van der Waals surface area contributed by atoms with Gasteiger partial charge in [0, 0.05) is 30.2 Å². The molecule has 12 heteroatoms. The molecule has 1 amide bonds. The number of aromatic nitrogens is 3. The van der Waals surface area contributed by atoms with Crippen LogP contribution in [0.3, 0.4) is 0 Å². The Bertz CT molecular complexity index is 1290. The van der Waals surface area contributed by atoms with E-state index >= 15 is 0 Å². The van der Waals surface area contributed by atoms with Gasteiger partial charge < -0.3 is 14.5 Å². The van der Waals surface area contributed by atoms with Crippen LogP contribution in [0.5, 0.6) is 5.75 Å². The minimum absolute atomic E-state index is 0.00704. The fourth-order valence-electron chi connectivity index (χ4n) is 3.88. The van der Waals surface area contributed by atoms with Crippen molar-refractivity contribution < 1.29 is 27.1 Å². The van der Waals surface area contributed by atoms with Crippen molar-refractivity contribution in [1.29, 1.82) is 0 Å². The topological polar surface area (TPSA) is 71.5 Å². The summed E-state index contributed by atoms with van der Waals surface area (Å²) in [5, 5.41) is 1.75. The summed E-state index contributed by atoms with van der Waals surface area (Å²) >= 11 is 1.09. The van der Waals surface area contributed by atoms with Gasteiger partial charge in [0.25, 0.3) is 5.91 Å². The third-order valence-corrected chi connectivity index (χ3v) is 6.13. The largest absolute Gasteiger partial charge is 0.491 e. The van der Waals surface area contributed by atoms with Crippen molar-refractivity contribution in [1.82, 2.24) is 15.0 Å². The molecule has 1 aromatic carbocycles. The Kier molecular flexibility index (Phi) is 7.12. The molecule has 1 aliphatic rings. The SMILES string of the molecule is C#Cc1nc(C(=O)N(c2cc(OC(C)C)cc(C(F)(F)F)c2)C2CCN(c3ncc(F)cn3)C2)cs1. The highest BCUT2D eigenvalue weighted by Crippen LogP contribution is 2.37. The number of thiazole rings is 1. The maximum Gasteiger partial charge on any atom is 0.416 e. The monoisotopic (exact) mass is 519 g/mol. The molecule has 0 radical (unpaired) electrons. The first-order chi connectivity index (χ1) is 17.0. The number of ether oxygens (including phenoxy) is 1. The molecular formula is C24H21F4N5O2S. The average molecular weight is 520 g/mol. The van der Waals surface area contributed by atoms with Crippen LogP contribution < -0.4 is 14.5 Å². The maximum atomic E-state index is 13.8. The Labute approximate surface area is 208 Å². The summed E-state index contributed by atoms with van der Waals surface area (Å²) in [4.78, 5) is 28.7. The standard InChI is InChI=1S/C24H21F4N5O2S/c1-4-21-31-20(13-36-21)22(34)33(17-5-6-32(12-17)23-29-10-16(25)11-30-23)18-7-15(24(26,27)28)8-19(9-18)35-14(2)3/h1,7-11,13-14,17H,5-6,12H2,2-3H3. The molecule has 1 saturated heterocycles. The Balaban J connectivity index is 1.76. The lowest BCUT2D eigenvalue weighted by Gasteiger charge is -2.30. The fourth-order valence-corrected chi connectivity index (χ4v) is 4.48. The molecule has 0 saturated carbocycles. The molecule has 36 heavy (non-hydrogen) atoms. The highest BCUT2D eigenvalue weighted by atomic mass is 32.1. The molecule has 2 aromatic heterocycles.